The van der Waals surface area contributed by atoms with Crippen LogP contribution in [-0.4, -0.2) is 41.8 Å². The highest BCUT2D eigenvalue weighted by Gasteiger charge is 2.45. The van der Waals surface area contributed by atoms with Crippen LogP contribution >= 0.6 is 0 Å². The predicted molar refractivity (Wildman–Crippen MR) is 66.6 cm³/mol. The van der Waals surface area contributed by atoms with E-state index in [-0.39, 0.29) is 12.4 Å². The molecule has 0 aromatic heterocycles. The van der Waals surface area contributed by atoms with Crippen LogP contribution in [0.4, 0.5) is 4.79 Å². The Kier molecular flexibility index (Phi) is 5.59. The Hall–Kier alpha value is -1.79. The van der Waals surface area contributed by atoms with Gasteiger partial charge in [-0.25, -0.2) is 9.59 Å². The third-order valence-electron chi connectivity index (χ3n) is 3.12. The van der Waals surface area contributed by atoms with Crippen LogP contribution in [0.5, 0.6) is 0 Å². The molecule has 1 aliphatic carbocycles. The fourth-order valence-electron chi connectivity index (χ4n) is 1.85. The Morgan fingerprint density at radius 3 is 2.47 bits per heavy atom. The fraction of sp³-hybridized carbons (Fsp3) is 0.750. The molecule has 0 radical (unpaired) electrons. The van der Waals surface area contributed by atoms with Crippen molar-refractivity contribution in [3.8, 4) is 0 Å². The van der Waals surface area contributed by atoms with Gasteiger partial charge in [0.25, 0.3) is 0 Å². The first-order chi connectivity index (χ1) is 9.00. The summed E-state index contributed by atoms with van der Waals surface area (Å²) < 4.78 is 4.74. The lowest BCUT2D eigenvalue weighted by Gasteiger charge is -2.38. The number of nitrogens with one attached hydrogen (secondary N) is 2. The van der Waals surface area contributed by atoms with E-state index in [0.29, 0.717) is 32.4 Å². The molecule has 1 fully saturated rings. The number of aliphatic carboxylic acids is 1. The van der Waals surface area contributed by atoms with Gasteiger partial charge in [-0.15, -0.1) is 0 Å². The fourth-order valence-corrected chi connectivity index (χ4v) is 1.85. The number of urea groups is 1. The number of carboxylic acids is 1. The first-order valence-electron chi connectivity index (χ1n) is 6.45. The molecule has 1 aliphatic rings. The molecule has 0 aliphatic heterocycles. The Bertz CT molecular complexity index is 352. The summed E-state index contributed by atoms with van der Waals surface area (Å²) in [6.07, 6.45) is 2.41. The smallest absolute Gasteiger partial charge is 0.329 e. The summed E-state index contributed by atoms with van der Waals surface area (Å²) >= 11 is 0. The molecule has 1 saturated carbocycles. The molecule has 19 heavy (non-hydrogen) atoms. The normalized spacial score (nSPS) is 16.1. The van der Waals surface area contributed by atoms with E-state index < -0.39 is 17.5 Å². The zero-order valence-corrected chi connectivity index (χ0v) is 11.0. The highest BCUT2D eigenvalue weighted by Crippen LogP contribution is 2.31. The van der Waals surface area contributed by atoms with Gasteiger partial charge in [0.1, 0.15) is 5.54 Å². The highest BCUT2D eigenvalue weighted by molar-refractivity contribution is 5.87. The van der Waals surface area contributed by atoms with Gasteiger partial charge in [-0.05, 0) is 32.6 Å². The lowest BCUT2D eigenvalue weighted by atomic mass is 9.77. The molecule has 0 atom stereocenters. The number of esters is 1. The molecule has 7 nitrogen and oxygen atoms in total. The minimum atomic E-state index is -1.11. The van der Waals surface area contributed by atoms with Crippen molar-refractivity contribution in [2.24, 2.45) is 0 Å². The van der Waals surface area contributed by atoms with Crippen molar-refractivity contribution < 1.29 is 24.2 Å². The van der Waals surface area contributed by atoms with Gasteiger partial charge >= 0.3 is 18.0 Å². The number of carboxylic acid groups (broad SMARTS) is 1. The summed E-state index contributed by atoms with van der Waals surface area (Å²) in [5, 5.41) is 14.0. The van der Waals surface area contributed by atoms with Gasteiger partial charge in [-0.2, -0.15) is 0 Å². The maximum Gasteiger partial charge on any atom is 0.329 e. The van der Waals surface area contributed by atoms with Crippen molar-refractivity contribution in [2.75, 3.05) is 13.2 Å². The lowest BCUT2D eigenvalue weighted by molar-refractivity contribution is -0.148. The van der Waals surface area contributed by atoms with Crippen LogP contribution in [0, 0.1) is 0 Å². The molecule has 0 unspecified atom stereocenters. The Morgan fingerprint density at radius 1 is 1.32 bits per heavy atom. The molecular weight excluding hydrogens is 252 g/mol. The molecule has 2 amide bonds. The molecule has 3 N–H and O–H groups in total. The molecule has 1 rings (SSSR count). The average molecular weight is 272 g/mol. The topological polar surface area (TPSA) is 105 Å². The van der Waals surface area contributed by atoms with Gasteiger partial charge in [0, 0.05) is 13.0 Å². The number of carbonyl (C=O) groups is 3. The quantitative estimate of drug-likeness (QED) is 0.466. The molecule has 0 saturated heterocycles. The van der Waals surface area contributed by atoms with Gasteiger partial charge in [0.15, 0.2) is 0 Å². The maximum absolute atomic E-state index is 11.5. The number of amides is 2. The van der Waals surface area contributed by atoms with Gasteiger partial charge in [-0.1, -0.05) is 0 Å². The van der Waals surface area contributed by atoms with E-state index in [2.05, 4.69) is 10.6 Å². The first-order valence-corrected chi connectivity index (χ1v) is 6.45. The van der Waals surface area contributed by atoms with Gasteiger partial charge in [0.05, 0.1) is 6.61 Å². The largest absolute Gasteiger partial charge is 0.480 e. The standard InChI is InChI=1S/C12H20N2O5/c1-2-19-9(15)5-3-8-13-11(18)14-12(10(16)17)6-4-7-12/h2-8H2,1H3,(H,16,17)(H2,13,14,18). The van der Waals surface area contributed by atoms with E-state index >= 15 is 0 Å². The summed E-state index contributed by atoms with van der Waals surface area (Å²) in [5.74, 6) is -1.30. The zero-order valence-electron chi connectivity index (χ0n) is 11.0. The molecule has 0 aromatic rings. The highest BCUT2D eigenvalue weighted by atomic mass is 16.5. The molecule has 0 bridgehead atoms. The molecule has 7 heteroatoms. The van der Waals surface area contributed by atoms with Gasteiger partial charge in [-0.3, -0.25) is 4.79 Å². The van der Waals surface area contributed by atoms with Crippen molar-refractivity contribution in [1.29, 1.82) is 0 Å². The van der Waals surface area contributed by atoms with E-state index in [1.54, 1.807) is 6.92 Å². The second kappa shape index (κ2) is 6.96. The Balaban J connectivity index is 2.18. The summed E-state index contributed by atoms with van der Waals surface area (Å²) in [7, 11) is 0. The van der Waals surface area contributed by atoms with E-state index in [9.17, 15) is 14.4 Å². The number of hydrogen-bond acceptors (Lipinski definition) is 4. The van der Waals surface area contributed by atoms with Crippen LogP contribution in [-0.2, 0) is 14.3 Å². The van der Waals surface area contributed by atoms with Crippen LogP contribution in [0.1, 0.15) is 39.0 Å². The summed E-state index contributed by atoms with van der Waals surface area (Å²) in [4.78, 5) is 33.6. The number of rotatable bonds is 7. The summed E-state index contributed by atoms with van der Waals surface area (Å²) in [6, 6.07) is -0.508. The number of ether oxygens (including phenoxy) is 1. The SMILES string of the molecule is CCOC(=O)CCCNC(=O)NC1(C(=O)O)CCC1. The van der Waals surface area contributed by atoms with Crippen LogP contribution < -0.4 is 10.6 Å². The van der Waals surface area contributed by atoms with Crippen molar-refractivity contribution >= 4 is 18.0 Å². The summed E-state index contributed by atoms with van der Waals surface area (Å²) in [5.41, 5.74) is -1.11. The third kappa shape index (κ3) is 4.42. The van der Waals surface area contributed by atoms with E-state index in [1.807, 2.05) is 0 Å². The molecule has 0 aromatic carbocycles. The average Bonchev–Trinajstić information content (AvgIpc) is 2.29. The molecule has 0 spiro atoms. The van der Waals surface area contributed by atoms with E-state index in [1.165, 1.54) is 0 Å². The first kappa shape index (κ1) is 15.3. The molecule has 108 valence electrons. The number of carbonyl (C=O) groups excluding carboxylic acids is 2. The summed E-state index contributed by atoms with van der Waals surface area (Å²) in [6.45, 7) is 2.38. The lowest BCUT2D eigenvalue weighted by Crippen LogP contribution is -2.61. The second-order valence-corrected chi connectivity index (χ2v) is 4.53. The van der Waals surface area contributed by atoms with Crippen LogP contribution in [0.25, 0.3) is 0 Å². The van der Waals surface area contributed by atoms with Crippen molar-refractivity contribution in [3.05, 3.63) is 0 Å². The maximum atomic E-state index is 11.5. The Labute approximate surface area is 111 Å². The zero-order chi connectivity index (χ0) is 14.3. The van der Waals surface area contributed by atoms with Crippen molar-refractivity contribution in [1.82, 2.24) is 10.6 Å². The Morgan fingerprint density at radius 2 is 2.00 bits per heavy atom. The van der Waals surface area contributed by atoms with Crippen LogP contribution in [0.15, 0.2) is 0 Å². The number of hydrogen-bond donors (Lipinski definition) is 3. The van der Waals surface area contributed by atoms with E-state index in [4.69, 9.17) is 9.84 Å². The predicted octanol–water partition coefficient (Wildman–Crippen LogP) is 0.636. The minimum Gasteiger partial charge on any atom is -0.480 e. The van der Waals surface area contributed by atoms with E-state index in [0.717, 1.165) is 6.42 Å². The molecule has 0 heterocycles. The van der Waals surface area contributed by atoms with Crippen LogP contribution in [0.3, 0.4) is 0 Å². The molecular formula is C12H20N2O5. The third-order valence-corrected chi connectivity index (χ3v) is 3.12. The van der Waals surface area contributed by atoms with Gasteiger partial charge in [0.2, 0.25) is 0 Å². The van der Waals surface area contributed by atoms with Gasteiger partial charge < -0.3 is 20.5 Å². The monoisotopic (exact) mass is 272 g/mol. The van der Waals surface area contributed by atoms with Crippen molar-refractivity contribution in [2.45, 2.75) is 44.6 Å². The van der Waals surface area contributed by atoms with Crippen LogP contribution in [0.2, 0.25) is 0 Å². The van der Waals surface area contributed by atoms with Crippen molar-refractivity contribution in [3.63, 3.8) is 0 Å². The minimum absolute atomic E-state index is 0.234. The second-order valence-electron chi connectivity index (χ2n) is 4.53.